The van der Waals surface area contributed by atoms with Gasteiger partial charge in [-0.2, -0.15) is 0 Å². The van der Waals surface area contributed by atoms with Crippen molar-refractivity contribution in [3.8, 4) is 0 Å². The van der Waals surface area contributed by atoms with E-state index in [4.69, 9.17) is 4.99 Å². The SMILES string of the molecule is O=C1C2=C(N=C3c4ccccc4C(=O)C3[C@@]23C(=O)Nc2ccccc23)c2ccccc21. The van der Waals surface area contributed by atoms with Gasteiger partial charge in [0.2, 0.25) is 5.91 Å². The van der Waals surface area contributed by atoms with Crippen molar-refractivity contribution in [1.29, 1.82) is 0 Å². The lowest BCUT2D eigenvalue weighted by Gasteiger charge is -2.36. The van der Waals surface area contributed by atoms with Crippen molar-refractivity contribution in [2.75, 3.05) is 5.32 Å². The van der Waals surface area contributed by atoms with Crippen molar-refractivity contribution in [3.05, 3.63) is 106 Å². The Balaban J connectivity index is 1.65. The molecular formula is C26H14N2O3. The first-order valence-corrected chi connectivity index (χ1v) is 10.2. The lowest BCUT2D eigenvalue weighted by molar-refractivity contribution is -0.120. The Bertz CT molecular complexity index is 1480. The van der Waals surface area contributed by atoms with Gasteiger partial charge in [0.05, 0.1) is 17.3 Å². The fourth-order valence-electron chi connectivity index (χ4n) is 5.71. The van der Waals surface area contributed by atoms with E-state index in [0.29, 0.717) is 44.9 Å². The van der Waals surface area contributed by atoms with E-state index in [1.165, 1.54) is 0 Å². The smallest absolute Gasteiger partial charge is 0.240 e. The van der Waals surface area contributed by atoms with Gasteiger partial charge >= 0.3 is 0 Å². The van der Waals surface area contributed by atoms with Gasteiger partial charge < -0.3 is 5.32 Å². The van der Waals surface area contributed by atoms with Crippen LogP contribution in [0.1, 0.15) is 37.4 Å². The molecule has 2 heterocycles. The molecule has 0 fully saturated rings. The number of rotatable bonds is 0. The van der Waals surface area contributed by atoms with Gasteiger partial charge in [-0.05, 0) is 11.6 Å². The monoisotopic (exact) mass is 402 g/mol. The number of ketones is 2. The highest BCUT2D eigenvalue weighted by Gasteiger charge is 2.66. The minimum absolute atomic E-state index is 0.170. The van der Waals surface area contributed by atoms with Crippen LogP contribution in [0.4, 0.5) is 5.69 Å². The first-order chi connectivity index (χ1) is 15.1. The Morgan fingerprint density at radius 2 is 1.39 bits per heavy atom. The molecule has 0 saturated carbocycles. The van der Waals surface area contributed by atoms with Crippen LogP contribution >= 0.6 is 0 Å². The molecule has 146 valence electrons. The molecule has 2 atom stereocenters. The summed E-state index contributed by atoms with van der Waals surface area (Å²) < 4.78 is 0. The van der Waals surface area contributed by atoms with E-state index in [1.54, 1.807) is 18.2 Å². The topological polar surface area (TPSA) is 75.6 Å². The lowest BCUT2D eigenvalue weighted by atomic mass is 9.62. The number of amides is 1. The predicted molar refractivity (Wildman–Crippen MR) is 115 cm³/mol. The Morgan fingerprint density at radius 1 is 0.742 bits per heavy atom. The van der Waals surface area contributed by atoms with Crippen molar-refractivity contribution in [2.45, 2.75) is 5.41 Å². The van der Waals surface area contributed by atoms with Gasteiger partial charge in [-0.15, -0.1) is 0 Å². The molecule has 7 rings (SSSR count). The van der Waals surface area contributed by atoms with Gasteiger partial charge in [-0.1, -0.05) is 66.7 Å². The minimum atomic E-state index is -1.44. The fraction of sp³-hybridized carbons (Fsp3) is 0.0769. The standard InChI is InChI=1S/C26H14N2O3/c29-23-15-9-3-1-7-13(15)21-19(23)26(17-11-5-6-12-18(17)27-25(26)31)20-22(28-21)14-8-2-4-10-16(14)24(20)30/h1-12,19H,(H,27,31)/t19?,26-/m1/s1. The number of nitrogens with one attached hydrogen (secondary N) is 1. The molecule has 2 aliphatic heterocycles. The lowest BCUT2D eigenvalue weighted by Crippen LogP contribution is -2.51. The number of hydrogen-bond acceptors (Lipinski definition) is 4. The third-order valence-electron chi connectivity index (χ3n) is 6.91. The van der Waals surface area contributed by atoms with Crippen molar-refractivity contribution >= 4 is 34.6 Å². The fourth-order valence-corrected chi connectivity index (χ4v) is 5.71. The number of fused-ring (bicyclic) bond motifs is 9. The molecule has 0 bridgehead atoms. The molecule has 31 heavy (non-hydrogen) atoms. The van der Waals surface area contributed by atoms with Crippen LogP contribution in [0.5, 0.6) is 0 Å². The second kappa shape index (κ2) is 5.32. The number of aliphatic imine (C=N–C) groups is 1. The number of Topliss-reactive ketones (excluding diaryl/α,β-unsaturated/α-hetero) is 2. The first kappa shape index (κ1) is 16.7. The minimum Gasteiger partial charge on any atom is -0.325 e. The molecule has 1 N–H and O–H groups in total. The highest BCUT2D eigenvalue weighted by atomic mass is 16.2. The summed E-state index contributed by atoms with van der Waals surface area (Å²) >= 11 is 0. The van der Waals surface area contributed by atoms with Gasteiger partial charge in [-0.25, -0.2) is 0 Å². The van der Waals surface area contributed by atoms with Crippen molar-refractivity contribution < 1.29 is 14.4 Å². The Kier molecular flexibility index (Phi) is 2.86. The van der Waals surface area contributed by atoms with Crippen LogP contribution in [-0.2, 0) is 10.2 Å². The van der Waals surface area contributed by atoms with E-state index in [9.17, 15) is 14.4 Å². The zero-order valence-electron chi connectivity index (χ0n) is 16.2. The molecule has 5 nitrogen and oxygen atoms in total. The second-order valence-electron chi connectivity index (χ2n) is 8.25. The van der Waals surface area contributed by atoms with E-state index < -0.39 is 11.3 Å². The Hall–Kier alpha value is -4.12. The van der Waals surface area contributed by atoms with E-state index in [1.807, 2.05) is 54.6 Å². The number of benzene rings is 3. The van der Waals surface area contributed by atoms with Crippen LogP contribution in [0.25, 0.3) is 5.70 Å². The molecule has 5 heteroatoms. The zero-order valence-corrected chi connectivity index (χ0v) is 16.2. The summed E-state index contributed by atoms with van der Waals surface area (Å²) in [4.78, 5) is 46.1. The Labute approximate surface area is 177 Å². The van der Waals surface area contributed by atoms with Gasteiger partial charge in [0.1, 0.15) is 5.41 Å². The number of carbonyl (C=O) groups is 3. The van der Waals surface area contributed by atoms with Crippen LogP contribution in [0.3, 0.4) is 0 Å². The van der Waals surface area contributed by atoms with E-state index in [-0.39, 0.29) is 17.5 Å². The summed E-state index contributed by atoms with van der Waals surface area (Å²) in [5.74, 6) is -1.62. The maximum atomic E-state index is 13.8. The maximum absolute atomic E-state index is 13.8. The summed E-state index contributed by atoms with van der Waals surface area (Å²) in [5, 5.41) is 2.95. The van der Waals surface area contributed by atoms with Crippen LogP contribution < -0.4 is 5.32 Å². The average Bonchev–Trinajstić information content (AvgIpc) is 3.37. The summed E-state index contributed by atoms with van der Waals surface area (Å²) in [6.45, 7) is 0. The second-order valence-corrected chi connectivity index (χ2v) is 8.25. The van der Waals surface area contributed by atoms with Gasteiger partial charge in [-0.3, -0.25) is 19.4 Å². The van der Waals surface area contributed by atoms with Crippen molar-refractivity contribution in [2.24, 2.45) is 10.9 Å². The third kappa shape index (κ3) is 1.71. The molecule has 1 spiro atoms. The van der Waals surface area contributed by atoms with E-state index >= 15 is 0 Å². The van der Waals surface area contributed by atoms with Crippen LogP contribution in [0.15, 0.2) is 83.4 Å². The molecular weight excluding hydrogens is 388 g/mol. The molecule has 4 aliphatic rings. The third-order valence-corrected chi connectivity index (χ3v) is 6.91. The quantitative estimate of drug-likeness (QED) is 0.622. The predicted octanol–water partition coefficient (Wildman–Crippen LogP) is 3.80. The molecule has 2 aliphatic carbocycles. The number of hydrogen-bond donors (Lipinski definition) is 1. The van der Waals surface area contributed by atoms with Gasteiger partial charge in [0.15, 0.2) is 11.6 Å². The van der Waals surface area contributed by atoms with Crippen LogP contribution in [0, 0.1) is 5.92 Å². The molecule has 0 radical (unpaired) electrons. The van der Waals surface area contributed by atoms with Gasteiger partial charge in [0, 0.05) is 33.5 Å². The molecule has 0 saturated heterocycles. The summed E-state index contributed by atoms with van der Waals surface area (Å²) in [6, 6.07) is 21.9. The molecule has 3 aromatic rings. The molecule has 1 unspecified atom stereocenters. The zero-order chi connectivity index (χ0) is 20.9. The van der Waals surface area contributed by atoms with Crippen LogP contribution in [-0.4, -0.2) is 23.2 Å². The molecule has 0 aromatic heterocycles. The summed E-state index contributed by atoms with van der Waals surface area (Å²) in [6.07, 6.45) is 0. The number of nitrogens with zero attached hydrogens (tertiary/aromatic N) is 1. The normalized spacial score (nSPS) is 24.5. The number of para-hydroxylation sites is 1. The van der Waals surface area contributed by atoms with E-state index in [2.05, 4.69) is 5.32 Å². The average molecular weight is 402 g/mol. The highest BCUT2D eigenvalue weighted by molar-refractivity contribution is 6.39. The molecule has 3 aromatic carbocycles. The summed E-state index contributed by atoms with van der Waals surface area (Å²) in [5.41, 5.74) is 3.75. The van der Waals surface area contributed by atoms with Crippen molar-refractivity contribution in [3.63, 3.8) is 0 Å². The Morgan fingerprint density at radius 3 is 2.19 bits per heavy atom. The summed E-state index contributed by atoms with van der Waals surface area (Å²) in [7, 11) is 0. The number of carbonyl (C=O) groups excluding carboxylic acids is 3. The van der Waals surface area contributed by atoms with E-state index in [0.717, 1.165) is 5.56 Å². The largest absolute Gasteiger partial charge is 0.325 e. The molecule has 1 amide bonds. The van der Waals surface area contributed by atoms with Crippen LogP contribution in [0.2, 0.25) is 0 Å². The number of anilines is 1. The highest BCUT2D eigenvalue weighted by Crippen LogP contribution is 2.58. The van der Waals surface area contributed by atoms with Crippen molar-refractivity contribution in [1.82, 2.24) is 0 Å². The maximum Gasteiger partial charge on any atom is 0.240 e. The van der Waals surface area contributed by atoms with Gasteiger partial charge in [0.25, 0.3) is 0 Å². The first-order valence-electron chi connectivity index (χ1n) is 10.2.